The lowest BCUT2D eigenvalue weighted by Crippen LogP contribution is -2.28. The lowest BCUT2D eigenvalue weighted by atomic mass is 10.2. The normalized spacial score (nSPS) is 10.0. The molecule has 0 aliphatic carbocycles. The van der Waals surface area contributed by atoms with E-state index in [4.69, 9.17) is 0 Å². The zero-order valence-electron chi connectivity index (χ0n) is 8.40. The summed E-state index contributed by atoms with van der Waals surface area (Å²) in [6.45, 7) is 1.91. The maximum Gasteiger partial charge on any atom is 0.328 e. The molecular formula is C10H11ClN2O2. The molecule has 15 heavy (non-hydrogen) atoms. The number of aryl methyl sites for hydroxylation is 2. The van der Waals surface area contributed by atoms with Crippen molar-refractivity contribution in [2.45, 2.75) is 6.92 Å². The molecule has 2 aromatic rings. The highest BCUT2D eigenvalue weighted by Gasteiger charge is 2.03. The number of nitrogens with one attached hydrogen (secondary N) is 1. The summed E-state index contributed by atoms with van der Waals surface area (Å²) in [6, 6.07) is 5.43. The Bertz CT molecular complexity index is 613. The van der Waals surface area contributed by atoms with Crippen LogP contribution in [0.5, 0.6) is 0 Å². The second-order valence-electron chi connectivity index (χ2n) is 3.34. The van der Waals surface area contributed by atoms with Gasteiger partial charge >= 0.3 is 5.69 Å². The van der Waals surface area contributed by atoms with Crippen LogP contribution in [-0.2, 0) is 7.05 Å². The van der Waals surface area contributed by atoms with Crippen molar-refractivity contribution in [2.24, 2.45) is 7.05 Å². The summed E-state index contributed by atoms with van der Waals surface area (Å²) < 4.78 is 1.43. The molecule has 0 aliphatic heterocycles. The first kappa shape index (κ1) is 11.5. The van der Waals surface area contributed by atoms with E-state index in [1.54, 1.807) is 19.2 Å². The largest absolute Gasteiger partial charge is 0.328 e. The minimum atomic E-state index is -0.383. The highest BCUT2D eigenvalue weighted by molar-refractivity contribution is 5.85. The zero-order valence-corrected chi connectivity index (χ0v) is 9.22. The average molecular weight is 227 g/mol. The third-order valence-electron chi connectivity index (χ3n) is 2.28. The Morgan fingerprint density at radius 2 is 1.93 bits per heavy atom. The maximum atomic E-state index is 11.4. The molecule has 80 valence electrons. The van der Waals surface area contributed by atoms with Gasteiger partial charge in [-0.2, -0.15) is 0 Å². The number of benzene rings is 1. The molecule has 0 fully saturated rings. The van der Waals surface area contributed by atoms with E-state index in [0.717, 1.165) is 5.56 Å². The van der Waals surface area contributed by atoms with Crippen molar-refractivity contribution in [1.29, 1.82) is 0 Å². The number of hydrogen-bond donors (Lipinski definition) is 1. The van der Waals surface area contributed by atoms with E-state index in [1.807, 2.05) is 13.0 Å². The predicted molar refractivity (Wildman–Crippen MR) is 61.8 cm³/mol. The van der Waals surface area contributed by atoms with Gasteiger partial charge in [-0.15, -0.1) is 12.4 Å². The first-order valence-corrected chi connectivity index (χ1v) is 4.29. The summed E-state index contributed by atoms with van der Waals surface area (Å²) in [6.07, 6.45) is 0. The van der Waals surface area contributed by atoms with E-state index in [1.165, 1.54) is 4.57 Å². The summed E-state index contributed by atoms with van der Waals surface area (Å²) in [5.74, 6) is 0. The van der Waals surface area contributed by atoms with Gasteiger partial charge in [0.15, 0.2) is 0 Å². The summed E-state index contributed by atoms with van der Waals surface area (Å²) in [5.41, 5.74) is 0.948. The SMILES string of the molecule is Cc1ccc2c(c1)c(=O)[nH]c(=O)n2C.Cl. The fourth-order valence-corrected chi connectivity index (χ4v) is 1.48. The van der Waals surface area contributed by atoms with Gasteiger partial charge in [0.1, 0.15) is 0 Å². The van der Waals surface area contributed by atoms with Crippen LogP contribution >= 0.6 is 12.4 Å². The van der Waals surface area contributed by atoms with E-state index in [0.29, 0.717) is 10.9 Å². The fraction of sp³-hybridized carbons (Fsp3) is 0.200. The molecule has 2 rings (SSSR count). The number of hydrogen-bond acceptors (Lipinski definition) is 2. The van der Waals surface area contributed by atoms with Gasteiger partial charge in [-0.1, -0.05) is 11.6 Å². The predicted octanol–water partition coefficient (Wildman–Crippen LogP) is 0.957. The molecule has 0 unspecified atom stereocenters. The van der Waals surface area contributed by atoms with Crippen molar-refractivity contribution in [1.82, 2.24) is 9.55 Å². The van der Waals surface area contributed by atoms with E-state index < -0.39 is 0 Å². The van der Waals surface area contributed by atoms with Crippen LogP contribution in [0.4, 0.5) is 0 Å². The topological polar surface area (TPSA) is 54.9 Å². The molecule has 0 spiro atoms. The second kappa shape index (κ2) is 3.90. The highest BCUT2D eigenvalue weighted by atomic mass is 35.5. The average Bonchev–Trinajstić information content (AvgIpc) is 2.14. The lowest BCUT2D eigenvalue weighted by molar-refractivity contribution is 0.842. The van der Waals surface area contributed by atoms with Crippen molar-refractivity contribution in [3.8, 4) is 0 Å². The number of aromatic amines is 1. The Morgan fingerprint density at radius 1 is 1.27 bits per heavy atom. The first-order valence-electron chi connectivity index (χ1n) is 4.29. The molecule has 0 radical (unpaired) electrons. The van der Waals surface area contributed by atoms with Crippen LogP contribution in [0.1, 0.15) is 5.56 Å². The Kier molecular flexibility index (Phi) is 3.00. The summed E-state index contributed by atoms with van der Waals surface area (Å²) in [4.78, 5) is 24.9. The quantitative estimate of drug-likeness (QED) is 0.728. The number of nitrogens with zero attached hydrogens (tertiary/aromatic N) is 1. The van der Waals surface area contributed by atoms with E-state index in [2.05, 4.69) is 4.98 Å². The molecular weight excluding hydrogens is 216 g/mol. The minimum Gasteiger partial charge on any atom is -0.296 e. The van der Waals surface area contributed by atoms with Gasteiger partial charge in [0.25, 0.3) is 5.56 Å². The van der Waals surface area contributed by atoms with Crippen molar-refractivity contribution < 1.29 is 0 Å². The molecule has 1 aromatic heterocycles. The van der Waals surface area contributed by atoms with Crippen LogP contribution in [0.25, 0.3) is 10.9 Å². The lowest BCUT2D eigenvalue weighted by Gasteiger charge is -2.03. The van der Waals surface area contributed by atoms with Crippen molar-refractivity contribution in [2.75, 3.05) is 0 Å². The Balaban J connectivity index is 0.00000112. The number of rotatable bonds is 0. The highest BCUT2D eigenvalue weighted by Crippen LogP contribution is 2.08. The van der Waals surface area contributed by atoms with Gasteiger partial charge in [0, 0.05) is 7.05 Å². The van der Waals surface area contributed by atoms with Crippen LogP contribution in [0.2, 0.25) is 0 Å². The molecule has 0 saturated carbocycles. The fourth-order valence-electron chi connectivity index (χ4n) is 1.48. The Morgan fingerprint density at radius 3 is 2.60 bits per heavy atom. The van der Waals surface area contributed by atoms with Crippen LogP contribution in [0, 0.1) is 6.92 Å². The number of halogens is 1. The molecule has 0 atom stereocenters. The molecule has 5 heteroatoms. The van der Waals surface area contributed by atoms with E-state index in [9.17, 15) is 9.59 Å². The smallest absolute Gasteiger partial charge is 0.296 e. The van der Waals surface area contributed by atoms with Crippen molar-refractivity contribution >= 4 is 23.3 Å². The van der Waals surface area contributed by atoms with Gasteiger partial charge in [-0.05, 0) is 19.1 Å². The third kappa shape index (κ3) is 1.80. The molecule has 1 aromatic carbocycles. The van der Waals surface area contributed by atoms with Gasteiger partial charge < -0.3 is 0 Å². The van der Waals surface area contributed by atoms with Gasteiger partial charge in [0.05, 0.1) is 10.9 Å². The third-order valence-corrected chi connectivity index (χ3v) is 2.28. The Hall–Kier alpha value is -1.55. The summed E-state index contributed by atoms with van der Waals surface area (Å²) in [7, 11) is 1.63. The van der Waals surface area contributed by atoms with E-state index >= 15 is 0 Å². The van der Waals surface area contributed by atoms with Gasteiger partial charge in [-0.3, -0.25) is 14.3 Å². The zero-order chi connectivity index (χ0) is 10.3. The van der Waals surface area contributed by atoms with Gasteiger partial charge in [-0.25, -0.2) is 4.79 Å². The van der Waals surface area contributed by atoms with Gasteiger partial charge in [0.2, 0.25) is 0 Å². The van der Waals surface area contributed by atoms with Crippen LogP contribution in [0.3, 0.4) is 0 Å². The number of H-pyrrole nitrogens is 1. The van der Waals surface area contributed by atoms with Crippen LogP contribution in [-0.4, -0.2) is 9.55 Å². The molecule has 0 aliphatic rings. The molecule has 1 N–H and O–H groups in total. The Labute approximate surface area is 92.0 Å². The molecule has 1 heterocycles. The molecule has 0 saturated heterocycles. The van der Waals surface area contributed by atoms with Crippen molar-refractivity contribution in [3.05, 3.63) is 44.6 Å². The van der Waals surface area contributed by atoms with Crippen LogP contribution in [0.15, 0.2) is 27.8 Å². The molecule has 0 bridgehead atoms. The van der Waals surface area contributed by atoms with Crippen molar-refractivity contribution in [3.63, 3.8) is 0 Å². The van der Waals surface area contributed by atoms with Crippen LogP contribution < -0.4 is 11.2 Å². The summed E-state index contributed by atoms with van der Waals surface area (Å²) in [5, 5.41) is 0.548. The standard InChI is InChI=1S/C10H10N2O2.ClH/c1-6-3-4-8-7(5-6)9(13)11-10(14)12(8)2;/h3-5H,1-2H3,(H,11,13,14);1H. The molecule has 0 amide bonds. The monoisotopic (exact) mass is 226 g/mol. The number of aromatic nitrogens is 2. The maximum absolute atomic E-state index is 11.4. The van der Waals surface area contributed by atoms with E-state index in [-0.39, 0.29) is 23.7 Å². The second-order valence-corrected chi connectivity index (χ2v) is 3.34. The summed E-state index contributed by atoms with van der Waals surface area (Å²) >= 11 is 0. The molecule has 4 nitrogen and oxygen atoms in total. The number of fused-ring (bicyclic) bond motifs is 1. The minimum absolute atomic E-state index is 0. The first-order chi connectivity index (χ1) is 6.59.